The second-order valence-corrected chi connectivity index (χ2v) is 9.55. The van der Waals surface area contributed by atoms with Crippen molar-refractivity contribution in [1.29, 1.82) is 0 Å². The van der Waals surface area contributed by atoms with Crippen LogP contribution in [0.2, 0.25) is 0 Å². The van der Waals surface area contributed by atoms with Gasteiger partial charge in [0.05, 0.1) is 20.8 Å². The van der Waals surface area contributed by atoms with Gasteiger partial charge in [-0.2, -0.15) is 0 Å². The molecule has 0 heterocycles. The van der Waals surface area contributed by atoms with E-state index in [9.17, 15) is 32.5 Å². The highest BCUT2D eigenvalue weighted by atomic mass is 32.2. The number of non-ortho nitro benzene ring substituents is 1. The molecule has 0 spiro atoms. The van der Waals surface area contributed by atoms with Crippen LogP contribution < -0.4 is 15.4 Å². The largest absolute Gasteiger partial charge is 0.354 e. The molecule has 0 saturated carbocycles. The lowest BCUT2D eigenvalue weighted by atomic mass is 10.3. The highest BCUT2D eigenvalue weighted by Crippen LogP contribution is 2.17. The molecule has 1 unspecified atom stereocenters. The molecule has 2 rings (SSSR count). The van der Waals surface area contributed by atoms with Gasteiger partial charge in [-0.15, -0.1) is 11.8 Å². The molecule has 0 aliphatic heterocycles. The van der Waals surface area contributed by atoms with Crippen LogP contribution in [-0.4, -0.2) is 49.2 Å². The molecule has 2 aromatic rings. The number of carbonyl (C=O) groups excluding carboxylic acids is 2. The fourth-order valence-electron chi connectivity index (χ4n) is 2.37. The Kier molecular flexibility index (Phi) is 9.11. The summed E-state index contributed by atoms with van der Waals surface area (Å²) in [6, 6.07) is 9.88. The number of thioether (sulfide) groups is 1. The lowest BCUT2D eigenvalue weighted by Gasteiger charge is -2.12. The van der Waals surface area contributed by atoms with Gasteiger partial charge >= 0.3 is 0 Å². The van der Waals surface area contributed by atoms with Crippen molar-refractivity contribution >= 4 is 45.0 Å². The highest BCUT2D eigenvalue weighted by molar-refractivity contribution is 8.01. The molecule has 32 heavy (non-hydrogen) atoms. The molecule has 1 atom stereocenters. The SMILES string of the molecule is CC(SCC(=O)Nc1ccc(F)cc1)C(=O)NCCNS(=O)(=O)c1cccc([N+](=O)[O-])c1. The molecular weight excluding hydrogens is 463 g/mol. The van der Waals surface area contributed by atoms with Crippen LogP contribution in [0.15, 0.2) is 53.4 Å². The quantitative estimate of drug-likeness (QED) is 0.251. The Balaban J connectivity index is 1.72. The summed E-state index contributed by atoms with van der Waals surface area (Å²) in [5.41, 5.74) is 0.0839. The van der Waals surface area contributed by atoms with Gasteiger partial charge in [0.25, 0.3) is 5.69 Å². The second-order valence-electron chi connectivity index (χ2n) is 6.45. The zero-order valence-electron chi connectivity index (χ0n) is 16.9. The molecule has 2 aromatic carbocycles. The number of rotatable bonds is 11. The minimum atomic E-state index is -3.98. The van der Waals surface area contributed by atoms with Crippen LogP contribution in [-0.2, 0) is 19.6 Å². The predicted molar refractivity (Wildman–Crippen MR) is 118 cm³/mol. The number of anilines is 1. The van der Waals surface area contributed by atoms with Crippen LogP contribution >= 0.6 is 11.8 Å². The Morgan fingerprint density at radius 3 is 2.50 bits per heavy atom. The van der Waals surface area contributed by atoms with Gasteiger partial charge in [-0.05, 0) is 37.3 Å². The summed E-state index contributed by atoms with van der Waals surface area (Å²) < 4.78 is 39.6. The molecule has 2 amide bonds. The van der Waals surface area contributed by atoms with E-state index >= 15 is 0 Å². The molecule has 10 nitrogen and oxygen atoms in total. The first-order chi connectivity index (χ1) is 15.1. The average molecular weight is 485 g/mol. The van der Waals surface area contributed by atoms with E-state index in [0.717, 1.165) is 17.8 Å². The van der Waals surface area contributed by atoms with E-state index in [1.54, 1.807) is 6.92 Å². The average Bonchev–Trinajstić information content (AvgIpc) is 2.76. The summed E-state index contributed by atoms with van der Waals surface area (Å²) in [5.74, 6) is -1.18. The fraction of sp³-hybridized carbons (Fsp3) is 0.263. The number of carbonyl (C=O) groups is 2. The number of amides is 2. The van der Waals surface area contributed by atoms with Crippen molar-refractivity contribution in [3.63, 3.8) is 0 Å². The maximum atomic E-state index is 12.9. The topological polar surface area (TPSA) is 148 Å². The van der Waals surface area contributed by atoms with E-state index < -0.39 is 26.0 Å². The third-order valence-electron chi connectivity index (χ3n) is 4.02. The van der Waals surface area contributed by atoms with Crippen LogP contribution in [0.4, 0.5) is 15.8 Å². The second kappa shape index (κ2) is 11.5. The standard InChI is InChI=1S/C19H21FN4O6S2/c1-13(31-12-18(25)23-15-7-5-14(20)6-8-15)19(26)21-9-10-22-32(29,30)17-4-2-3-16(11-17)24(27)28/h2-8,11,13,22H,9-10,12H2,1H3,(H,21,26)(H,23,25). The first-order valence-electron chi connectivity index (χ1n) is 9.27. The Morgan fingerprint density at radius 1 is 1.16 bits per heavy atom. The third-order valence-corrected chi connectivity index (χ3v) is 6.62. The summed E-state index contributed by atoms with van der Waals surface area (Å²) in [4.78, 5) is 33.9. The molecule has 3 N–H and O–H groups in total. The van der Waals surface area contributed by atoms with E-state index in [2.05, 4.69) is 15.4 Å². The third kappa shape index (κ3) is 7.90. The van der Waals surface area contributed by atoms with Gasteiger partial charge in [-0.3, -0.25) is 19.7 Å². The highest BCUT2D eigenvalue weighted by Gasteiger charge is 2.18. The Hall–Kier alpha value is -3.03. The summed E-state index contributed by atoms with van der Waals surface area (Å²) in [6.07, 6.45) is 0. The number of nitrogens with zero attached hydrogens (tertiary/aromatic N) is 1. The van der Waals surface area contributed by atoms with Gasteiger partial charge in [0.1, 0.15) is 5.82 Å². The van der Waals surface area contributed by atoms with Gasteiger partial charge in [0.2, 0.25) is 21.8 Å². The summed E-state index contributed by atoms with van der Waals surface area (Å²) in [7, 11) is -3.98. The zero-order valence-corrected chi connectivity index (χ0v) is 18.5. The predicted octanol–water partition coefficient (Wildman–Crippen LogP) is 1.89. The van der Waals surface area contributed by atoms with Gasteiger partial charge in [0.15, 0.2) is 0 Å². The molecule has 0 bridgehead atoms. The van der Waals surface area contributed by atoms with Crippen LogP contribution in [0.25, 0.3) is 0 Å². The molecule has 0 fully saturated rings. The van der Waals surface area contributed by atoms with Crippen molar-refractivity contribution in [3.8, 4) is 0 Å². The number of benzene rings is 2. The molecule has 0 saturated heterocycles. The zero-order chi connectivity index (χ0) is 23.7. The van der Waals surface area contributed by atoms with E-state index in [4.69, 9.17) is 0 Å². The number of nitro groups is 1. The number of sulfonamides is 1. The van der Waals surface area contributed by atoms with Crippen LogP contribution in [0.5, 0.6) is 0 Å². The molecule has 172 valence electrons. The number of halogens is 1. The number of nitrogens with one attached hydrogen (secondary N) is 3. The maximum absolute atomic E-state index is 12.9. The number of hydrogen-bond donors (Lipinski definition) is 3. The Labute approximate surface area is 188 Å². The summed E-state index contributed by atoms with van der Waals surface area (Å²) in [6.45, 7) is 1.46. The molecule has 0 aliphatic carbocycles. The smallest absolute Gasteiger partial charge is 0.270 e. The molecule has 0 aromatic heterocycles. The monoisotopic (exact) mass is 484 g/mol. The molecule has 13 heteroatoms. The fourth-order valence-corrected chi connectivity index (χ4v) is 4.15. The molecule has 0 radical (unpaired) electrons. The lowest BCUT2D eigenvalue weighted by Crippen LogP contribution is -2.38. The summed E-state index contributed by atoms with van der Waals surface area (Å²) in [5, 5.41) is 15.3. The van der Waals surface area contributed by atoms with Crippen molar-refractivity contribution in [1.82, 2.24) is 10.0 Å². The maximum Gasteiger partial charge on any atom is 0.270 e. The van der Waals surface area contributed by atoms with Crippen LogP contribution in [0, 0.1) is 15.9 Å². The van der Waals surface area contributed by atoms with Crippen molar-refractivity contribution in [2.24, 2.45) is 0 Å². The van der Waals surface area contributed by atoms with E-state index in [-0.39, 0.29) is 41.2 Å². The van der Waals surface area contributed by atoms with Crippen LogP contribution in [0.1, 0.15) is 6.92 Å². The van der Waals surface area contributed by atoms with Gasteiger partial charge in [-0.25, -0.2) is 17.5 Å². The minimum absolute atomic E-state index is 0.00855. The van der Waals surface area contributed by atoms with Gasteiger partial charge in [0, 0.05) is 30.9 Å². The van der Waals surface area contributed by atoms with Crippen molar-refractivity contribution in [2.75, 3.05) is 24.2 Å². The molecular formula is C19H21FN4O6S2. The summed E-state index contributed by atoms with van der Waals surface area (Å²) >= 11 is 1.08. The van der Waals surface area contributed by atoms with Crippen molar-refractivity contribution in [2.45, 2.75) is 17.1 Å². The van der Waals surface area contributed by atoms with Crippen LogP contribution in [0.3, 0.4) is 0 Å². The van der Waals surface area contributed by atoms with Crippen molar-refractivity contribution < 1.29 is 27.3 Å². The minimum Gasteiger partial charge on any atom is -0.354 e. The first-order valence-corrected chi connectivity index (χ1v) is 11.8. The van der Waals surface area contributed by atoms with E-state index in [1.807, 2.05) is 0 Å². The normalized spacial score (nSPS) is 12.1. The van der Waals surface area contributed by atoms with E-state index in [0.29, 0.717) is 5.69 Å². The first kappa shape index (κ1) is 25.2. The number of nitro benzene ring substituents is 1. The van der Waals surface area contributed by atoms with Crippen molar-refractivity contribution in [3.05, 3.63) is 64.5 Å². The lowest BCUT2D eigenvalue weighted by molar-refractivity contribution is -0.385. The number of hydrogen-bond acceptors (Lipinski definition) is 7. The Bertz CT molecular complexity index is 1080. The van der Waals surface area contributed by atoms with Gasteiger partial charge in [-0.1, -0.05) is 6.07 Å². The van der Waals surface area contributed by atoms with E-state index in [1.165, 1.54) is 42.5 Å². The molecule has 0 aliphatic rings. The Morgan fingerprint density at radius 2 is 1.84 bits per heavy atom. The van der Waals surface area contributed by atoms with Gasteiger partial charge < -0.3 is 10.6 Å².